The van der Waals surface area contributed by atoms with Gasteiger partial charge in [-0.3, -0.25) is 8.98 Å². The molecule has 0 aliphatic rings. The fraction of sp³-hybridized carbons (Fsp3) is 0.600. The Balaban J connectivity index is 2.64. The predicted octanol–water partition coefficient (Wildman–Crippen LogP) is 2.65. The van der Waals surface area contributed by atoms with Crippen LogP contribution in [-0.4, -0.2) is 44.9 Å². The highest BCUT2D eigenvalue weighted by Crippen LogP contribution is 2.09. The van der Waals surface area contributed by atoms with Crippen LogP contribution in [0.25, 0.3) is 0 Å². The lowest BCUT2D eigenvalue weighted by Gasteiger charge is -2.23. The molecule has 0 fully saturated rings. The van der Waals surface area contributed by atoms with Crippen LogP contribution in [0.15, 0.2) is 24.3 Å². The van der Waals surface area contributed by atoms with Crippen LogP contribution in [0.4, 0.5) is 4.79 Å². The first kappa shape index (κ1) is 24.9. The van der Waals surface area contributed by atoms with Gasteiger partial charge in [-0.05, 0) is 52.5 Å². The topological polar surface area (TPSA) is 111 Å². The van der Waals surface area contributed by atoms with Gasteiger partial charge >= 0.3 is 6.09 Å². The van der Waals surface area contributed by atoms with E-state index in [1.807, 2.05) is 31.2 Å². The van der Waals surface area contributed by atoms with Gasteiger partial charge in [0.1, 0.15) is 11.6 Å². The molecule has 1 aromatic carbocycles. The zero-order valence-electron chi connectivity index (χ0n) is 17.8. The molecular weight excluding hydrogens is 396 g/mol. The lowest BCUT2D eigenvalue weighted by atomic mass is 10.1. The number of carbonyl (C=O) groups is 2. The Bertz CT molecular complexity index is 786. The van der Waals surface area contributed by atoms with E-state index in [0.29, 0.717) is 25.8 Å². The van der Waals surface area contributed by atoms with E-state index in [4.69, 9.17) is 8.92 Å². The van der Waals surface area contributed by atoms with E-state index in [1.54, 1.807) is 20.8 Å². The second-order valence-corrected chi connectivity index (χ2v) is 9.57. The van der Waals surface area contributed by atoms with Crippen molar-refractivity contribution in [1.29, 1.82) is 0 Å². The van der Waals surface area contributed by atoms with Crippen LogP contribution >= 0.6 is 0 Å². The molecule has 1 atom stereocenters. The standard InChI is InChI=1S/C20H32N2O6S/c1-15-9-8-10-16(13-15)14-21-18(23)17(22-19(24)28-20(2,3)4)11-6-7-12-27-29(5,25)26/h8-10,13,17H,6-7,11-12,14H2,1-5H3,(H,21,23)(H,22,24)/t17-/m0/s1. The highest BCUT2D eigenvalue weighted by Gasteiger charge is 2.24. The Morgan fingerprint density at radius 1 is 1.17 bits per heavy atom. The van der Waals surface area contributed by atoms with E-state index < -0.39 is 27.9 Å². The Labute approximate surface area is 173 Å². The highest BCUT2D eigenvalue weighted by atomic mass is 32.2. The molecule has 0 aliphatic heterocycles. The third-order valence-electron chi connectivity index (χ3n) is 3.74. The van der Waals surface area contributed by atoms with Crippen LogP contribution in [0.2, 0.25) is 0 Å². The maximum absolute atomic E-state index is 12.6. The third-order valence-corrected chi connectivity index (χ3v) is 4.34. The number of carbonyl (C=O) groups excluding carboxylic acids is 2. The number of benzene rings is 1. The van der Waals surface area contributed by atoms with E-state index in [-0.39, 0.29) is 12.5 Å². The van der Waals surface area contributed by atoms with Crippen molar-refractivity contribution in [2.75, 3.05) is 12.9 Å². The number of nitrogens with one attached hydrogen (secondary N) is 2. The molecule has 0 saturated heterocycles. The van der Waals surface area contributed by atoms with Crippen LogP contribution < -0.4 is 10.6 Å². The molecule has 0 radical (unpaired) electrons. The van der Waals surface area contributed by atoms with Gasteiger partial charge in [0, 0.05) is 6.54 Å². The number of hydrogen-bond acceptors (Lipinski definition) is 6. The molecular formula is C20H32N2O6S. The summed E-state index contributed by atoms with van der Waals surface area (Å²) in [4.78, 5) is 24.7. The van der Waals surface area contributed by atoms with Crippen molar-refractivity contribution < 1.29 is 26.9 Å². The van der Waals surface area contributed by atoms with Crippen molar-refractivity contribution in [3.63, 3.8) is 0 Å². The first-order valence-corrected chi connectivity index (χ1v) is 11.3. The zero-order valence-corrected chi connectivity index (χ0v) is 18.6. The summed E-state index contributed by atoms with van der Waals surface area (Å²) in [5, 5.41) is 5.42. The van der Waals surface area contributed by atoms with Gasteiger partial charge < -0.3 is 15.4 Å². The van der Waals surface area contributed by atoms with Crippen molar-refractivity contribution in [3.05, 3.63) is 35.4 Å². The van der Waals surface area contributed by atoms with E-state index in [9.17, 15) is 18.0 Å². The maximum Gasteiger partial charge on any atom is 0.408 e. The smallest absolute Gasteiger partial charge is 0.408 e. The van der Waals surface area contributed by atoms with E-state index in [1.165, 1.54) is 0 Å². The van der Waals surface area contributed by atoms with Crippen molar-refractivity contribution >= 4 is 22.1 Å². The molecule has 0 spiro atoms. The molecule has 1 aromatic rings. The first-order chi connectivity index (χ1) is 13.4. The summed E-state index contributed by atoms with van der Waals surface area (Å²) < 4.78 is 31.9. The number of aryl methyl sites for hydroxylation is 1. The second-order valence-electron chi connectivity index (χ2n) is 7.93. The van der Waals surface area contributed by atoms with Gasteiger partial charge in [-0.15, -0.1) is 0 Å². The van der Waals surface area contributed by atoms with E-state index in [2.05, 4.69) is 10.6 Å². The van der Waals surface area contributed by atoms with Gasteiger partial charge in [-0.1, -0.05) is 29.8 Å². The minimum atomic E-state index is -3.49. The molecule has 0 aliphatic carbocycles. The summed E-state index contributed by atoms with van der Waals surface area (Å²) in [5.41, 5.74) is 1.36. The van der Waals surface area contributed by atoms with Gasteiger partial charge in [-0.25, -0.2) is 4.79 Å². The molecule has 8 nitrogen and oxygen atoms in total. The van der Waals surface area contributed by atoms with Crippen LogP contribution in [0.1, 0.15) is 51.2 Å². The van der Waals surface area contributed by atoms with Crippen molar-refractivity contribution in [3.8, 4) is 0 Å². The monoisotopic (exact) mass is 428 g/mol. The minimum absolute atomic E-state index is 0.0307. The van der Waals surface area contributed by atoms with Crippen molar-refractivity contribution in [1.82, 2.24) is 10.6 Å². The molecule has 1 rings (SSSR count). The molecule has 0 bridgehead atoms. The Hall–Kier alpha value is -2.13. The number of alkyl carbamates (subject to hydrolysis) is 1. The van der Waals surface area contributed by atoms with E-state index >= 15 is 0 Å². The summed E-state index contributed by atoms with van der Waals surface area (Å²) in [6, 6.07) is 6.96. The summed E-state index contributed by atoms with van der Waals surface area (Å²) in [6.45, 7) is 7.55. The predicted molar refractivity (Wildman–Crippen MR) is 111 cm³/mol. The van der Waals surface area contributed by atoms with Crippen LogP contribution in [0.3, 0.4) is 0 Å². The van der Waals surface area contributed by atoms with Crippen LogP contribution in [0.5, 0.6) is 0 Å². The van der Waals surface area contributed by atoms with E-state index in [0.717, 1.165) is 17.4 Å². The van der Waals surface area contributed by atoms with Crippen LogP contribution in [0, 0.1) is 6.92 Å². The maximum atomic E-state index is 12.6. The van der Waals surface area contributed by atoms with Crippen LogP contribution in [-0.2, 0) is 30.4 Å². The summed E-state index contributed by atoms with van der Waals surface area (Å²) in [7, 11) is -3.49. The largest absolute Gasteiger partial charge is 0.444 e. The molecule has 0 heterocycles. The average Bonchev–Trinajstić information content (AvgIpc) is 2.55. The molecule has 29 heavy (non-hydrogen) atoms. The molecule has 2 N–H and O–H groups in total. The lowest BCUT2D eigenvalue weighted by molar-refractivity contribution is -0.123. The van der Waals surface area contributed by atoms with Crippen molar-refractivity contribution in [2.24, 2.45) is 0 Å². The number of amides is 2. The van der Waals surface area contributed by atoms with Gasteiger partial charge in [0.2, 0.25) is 5.91 Å². The first-order valence-electron chi connectivity index (χ1n) is 9.53. The number of rotatable bonds is 10. The molecule has 0 saturated carbocycles. The Kier molecular flexibility index (Phi) is 9.58. The van der Waals surface area contributed by atoms with Gasteiger partial charge in [0.05, 0.1) is 12.9 Å². The second kappa shape index (κ2) is 11.2. The summed E-state index contributed by atoms with van der Waals surface area (Å²) in [5.74, 6) is -0.332. The Morgan fingerprint density at radius 2 is 1.86 bits per heavy atom. The molecule has 2 amide bonds. The summed E-state index contributed by atoms with van der Waals surface area (Å²) in [6.07, 6.45) is 1.56. The molecule has 164 valence electrons. The average molecular weight is 429 g/mol. The Morgan fingerprint density at radius 3 is 2.45 bits per heavy atom. The van der Waals surface area contributed by atoms with Gasteiger partial charge in [-0.2, -0.15) is 8.42 Å². The number of hydrogen-bond donors (Lipinski definition) is 2. The van der Waals surface area contributed by atoms with Crippen molar-refractivity contribution in [2.45, 2.75) is 65.1 Å². The number of unbranched alkanes of at least 4 members (excludes halogenated alkanes) is 1. The quantitative estimate of drug-likeness (QED) is 0.438. The number of ether oxygens (including phenoxy) is 1. The lowest BCUT2D eigenvalue weighted by Crippen LogP contribution is -2.48. The molecule has 9 heteroatoms. The summed E-state index contributed by atoms with van der Waals surface area (Å²) >= 11 is 0. The minimum Gasteiger partial charge on any atom is -0.444 e. The normalized spacial score (nSPS) is 12.9. The fourth-order valence-electron chi connectivity index (χ4n) is 2.51. The zero-order chi connectivity index (χ0) is 22.1. The molecule has 0 unspecified atom stereocenters. The molecule has 0 aromatic heterocycles. The van der Waals surface area contributed by atoms with Gasteiger partial charge in [0.15, 0.2) is 0 Å². The fourth-order valence-corrected chi connectivity index (χ4v) is 2.93. The highest BCUT2D eigenvalue weighted by molar-refractivity contribution is 7.85. The third kappa shape index (κ3) is 12.1. The SMILES string of the molecule is Cc1cccc(CNC(=O)[C@H](CCCCOS(C)(=O)=O)NC(=O)OC(C)(C)C)c1. The van der Waals surface area contributed by atoms with Gasteiger partial charge in [0.25, 0.3) is 10.1 Å².